The van der Waals surface area contributed by atoms with Gasteiger partial charge in [0.05, 0.1) is 6.26 Å². The molecule has 1 heterocycles. The molecule has 0 aliphatic carbocycles. The summed E-state index contributed by atoms with van der Waals surface area (Å²) >= 11 is 0. The van der Waals surface area contributed by atoms with Crippen molar-refractivity contribution in [2.75, 3.05) is 19.3 Å². The van der Waals surface area contributed by atoms with Crippen LogP contribution in [0.2, 0.25) is 0 Å². The third-order valence-corrected chi connectivity index (χ3v) is 3.92. The minimum absolute atomic E-state index is 0.474. The standard InChI is InChI=1S/C14H21N3O2S/c1-17-11-12(13-6-3-4-7-14(13)17)10-15-8-5-9-16-20(2,18)19/h3-4,6-7,11,15-16H,5,8-10H2,1-2H3. The molecule has 1 aromatic carbocycles. The van der Waals surface area contributed by atoms with Crippen molar-refractivity contribution in [1.29, 1.82) is 0 Å². The highest BCUT2D eigenvalue weighted by Gasteiger charge is 2.05. The number of aromatic nitrogens is 1. The molecule has 0 saturated heterocycles. The van der Waals surface area contributed by atoms with Crippen molar-refractivity contribution in [3.8, 4) is 0 Å². The summed E-state index contributed by atoms with van der Waals surface area (Å²) in [4.78, 5) is 0. The van der Waals surface area contributed by atoms with Crippen LogP contribution in [0.4, 0.5) is 0 Å². The number of benzene rings is 1. The smallest absolute Gasteiger partial charge is 0.208 e. The fourth-order valence-electron chi connectivity index (χ4n) is 2.26. The number of para-hydroxylation sites is 1. The molecule has 0 aliphatic heterocycles. The fraction of sp³-hybridized carbons (Fsp3) is 0.429. The highest BCUT2D eigenvalue weighted by molar-refractivity contribution is 7.88. The monoisotopic (exact) mass is 295 g/mol. The Morgan fingerprint density at radius 1 is 1.20 bits per heavy atom. The van der Waals surface area contributed by atoms with Gasteiger partial charge in [-0.05, 0) is 24.6 Å². The van der Waals surface area contributed by atoms with Crippen LogP contribution in [0, 0.1) is 0 Å². The van der Waals surface area contributed by atoms with E-state index in [0.717, 1.165) is 19.5 Å². The molecular formula is C14H21N3O2S. The number of rotatable bonds is 7. The van der Waals surface area contributed by atoms with Crippen molar-refractivity contribution < 1.29 is 8.42 Å². The molecule has 0 amide bonds. The molecule has 20 heavy (non-hydrogen) atoms. The molecule has 0 fully saturated rings. The normalized spacial score (nSPS) is 12.1. The van der Waals surface area contributed by atoms with Gasteiger partial charge in [-0.2, -0.15) is 0 Å². The van der Waals surface area contributed by atoms with Crippen molar-refractivity contribution in [3.05, 3.63) is 36.0 Å². The van der Waals surface area contributed by atoms with Crippen LogP contribution in [0.15, 0.2) is 30.5 Å². The summed E-state index contributed by atoms with van der Waals surface area (Å²) < 4.78 is 26.4. The van der Waals surface area contributed by atoms with E-state index >= 15 is 0 Å². The molecule has 0 spiro atoms. The first-order valence-electron chi connectivity index (χ1n) is 6.65. The maximum absolute atomic E-state index is 10.9. The summed E-state index contributed by atoms with van der Waals surface area (Å²) in [6.45, 7) is 2.05. The van der Waals surface area contributed by atoms with Gasteiger partial charge in [0.15, 0.2) is 0 Å². The molecule has 0 atom stereocenters. The first kappa shape index (κ1) is 15.0. The Morgan fingerprint density at radius 2 is 1.95 bits per heavy atom. The van der Waals surface area contributed by atoms with E-state index in [4.69, 9.17) is 0 Å². The Labute approximate surface area is 120 Å². The van der Waals surface area contributed by atoms with Gasteiger partial charge in [0.2, 0.25) is 10.0 Å². The van der Waals surface area contributed by atoms with E-state index in [2.05, 4.69) is 32.9 Å². The second kappa shape index (κ2) is 6.39. The van der Waals surface area contributed by atoms with Gasteiger partial charge < -0.3 is 9.88 Å². The lowest BCUT2D eigenvalue weighted by molar-refractivity contribution is 0.579. The first-order chi connectivity index (χ1) is 9.47. The molecule has 0 radical (unpaired) electrons. The number of fused-ring (bicyclic) bond motifs is 1. The Bertz CT molecular complexity index is 677. The van der Waals surface area contributed by atoms with Gasteiger partial charge in [-0.3, -0.25) is 0 Å². The second-order valence-electron chi connectivity index (χ2n) is 4.98. The van der Waals surface area contributed by atoms with Gasteiger partial charge in [-0.1, -0.05) is 18.2 Å². The predicted octanol–water partition coefficient (Wildman–Crippen LogP) is 1.21. The molecule has 0 unspecified atom stereocenters. The summed E-state index contributed by atoms with van der Waals surface area (Å²) in [5.41, 5.74) is 2.49. The number of hydrogen-bond acceptors (Lipinski definition) is 3. The van der Waals surface area contributed by atoms with Crippen LogP contribution in [-0.2, 0) is 23.6 Å². The Kier molecular flexibility index (Phi) is 4.80. The fourth-order valence-corrected chi connectivity index (χ4v) is 2.78. The van der Waals surface area contributed by atoms with E-state index in [1.807, 2.05) is 19.2 Å². The molecule has 0 saturated carbocycles. The van der Waals surface area contributed by atoms with Crippen LogP contribution in [0.5, 0.6) is 0 Å². The van der Waals surface area contributed by atoms with Crippen LogP contribution in [0.25, 0.3) is 10.9 Å². The number of aryl methyl sites for hydroxylation is 1. The van der Waals surface area contributed by atoms with Crippen LogP contribution >= 0.6 is 0 Å². The summed E-state index contributed by atoms with van der Waals surface area (Å²) in [5.74, 6) is 0. The Morgan fingerprint density at radius 3 is 2.70 bits per heavy atom. The minimum Gasteiger partial charge on any atom is -0.350 e. The first-order valence-corrected chi connectivity index (χ1v) is 8.55. The third kappa shape index (κ3) is 4.06. The lowest BCUT2D eigenvalue weighted by atomic mass is 10.2. The van der Waals surface area contributed by atoms with Gasteiger partial charge in [0.25, 0.3) is 0 Å². The molecule has 1 aromatic heterocycles. The Hall–Kier alpha value is -1.37. The largest absolute Gasteiger partial charge is 0.350 e. The number of nitrogens with zero attached hydrogens (tertiary/aromatic N) is 1. The minimum atomic E-state index is -3.07. The molecule has 2 N–H and O–H groups in total. The van der Waals surface area contributed by atoms with Crippen molar-refractivity contribution >= 4 is 20.9 Å². The zero-order valence-corrected chi connectivity index (χ0v) is 12.7. The van der Waals surface area contributed by atoms with E-state index in [-0.39, 0.29) is 0 Å². The third-order valence-electron chi connectivity index (χ3n) is 3.19. The average molecular weight is 295 g/mol. The zero-order chi connectivity index (χ0) is 14.6. The van der Waals surface area contributed by atoms with Gasteiger partial charge in [0.1, 0.15) is 0 Å². The number of hydrogen-bond donors (Lipinski definition) is 2. The highest BCUT2D eigenvalue weighted by Crippen LogP contribution is 2.19. The Balaban J connectivity index is 1.82. The molecule has 2 aromatic rings. The van der Waals surface area contributed by atoms with Crippen molar-refractivity contribution in [3.63, 3.8) is 0 Å². The van der Waals surface area contributed by atoms with Crippen LogP contribution in [0.1, 0.15) is 12.0 Å². The summed E-state index contributed by atoms with van der Waals surface area (Å²) in [6, 6.07) is 8.31. The lowest BCUT2D eigenvalue weighted by Gasteiger charge is -2.04. The van der Waals surface area contributed by atoms with E-state index in [1.54, 1.807) is 0 Å². The molecule has 2 rings (SSSR count). The van der Waals surface area contributed by atoms with E-state index in [9.17, 15) is 8.42 Å². The average Bonchev–Trinajstić information content (AvgIpc) is 2.70. The molecule has 6 heteroatoms. The van der Waals surface area contributed by atoms with E-state index in [1.165, 1.54) is 22.7 Å². The van der Waals surface area contributed by atoms with Crippen LogP contribution in [0.3, 0.4) is 0 Å². The quantitative estimate of drug-likeness (QED) is 0.755. The molecule has 0 bridgehead atoms. The molecular weight excluding hydrogens is 274 g/mol. The maximum atomic E-state index is 10.9. The highest BCUT2D eigenvalue weighted by atomic mass is 32.2. The van der Waals surface area contributed by atoms with Crippen LogP contribution in [-0.4, -0.2) is 32.3 Å². The lowest BCUT2D eigenvalue weighted by Crippen LogP contribution is -2.26. The summed E-state index contributed by atoms with van der Waals surface area (Å²) in [7, 11) is -1.03. The topological polar surface area (TPSA) is 63.1 Å². The molecule has 5 nitrogen and oxygen atoms in total. The predicted molar refractivity (Wildman–Crippen MR) is 82.1 cm³/mol. The van der Waals surface area contributed by atoms with Gasteiger partial charge >= 0.3 is 0 Å². The van der Waals surface area contributed by atoms with E-state index in [0.29, 0.717) is 6.54 Å². The summed E-state index contributed by atoms with van der Waals surface area (Å²) in [6.07, 6.45) is 4.08. The van der Waals surface area contributed by atoms with E-state index < -0.39 is 10.0 Å². The number of nitrogens with one attached hydrogen (secondary N) is 2. The van der Waals surface area contributed by atoms with Gasteiger partial charge in [0, 0.05) is 37.2 Å². The zero-order valence-electron chi connectivity index (χ0n) is 11.9. The van der Waals surface area contributed by atoms with Crippen molar-refractivity contribution in [2.45, 2.75) is 13.0 Å². The molecule has 0 aliphatic rings. The summed E-state index contributed by atoms with van der Waals surface area (Å²) in [5, 5.41) is 4.61. The number of sulfonamides is 1. The van der Waals surface area contributed by atoms with Gasteiger partial charge in [-0.25, -0.2) is 13.1 Å². The van der Waals surface area contributed by atoms with Crippen molar-refractivity contribution in [1.82, 2.24) is 14.6 Å². The SMILES string of the molecule is Cn1cc(CNCCCNS(C)(=O)=O)c2ccccc21. The second-order valence-corrected chi connectivity index (χ2v) is 6.81. The van der Waals surface area contributed by atoms with Crippen LogP contribution < -0.4 is 10.0 Å². The molecule has 110 valence electrons. The van der Waals surface area contributed by atoms with Crippen molar-refractivity contribution in [2.24, 2.45) is 7.05 Å². The van der Waals surface area contributed by atoms with Gasteiger partial charge in [-0.15, -0.1) is 0 Å². The maximum Gasteiger partial charge on any atom is 0.208 e.